The van der Waals surface area contributed by atoms with Crippen LogP contribution in [0.4, 0.5) is 0 Å². The summed E-state index contributed by atoms with van der Waals surface area (Å²) in [5, 5.41) is 10.3. The van der Waals surface area contributed by atoms with Gasteiger partial charge < -0.3 is 19.5 Å². The molecule has 7 heteroatoms. The second kappa shape index (κ2) is 11.9. The van der Waals surface area contributed by atoms with E-state index in [2.05, 4.69) is 4.90 Å². The zero-order valence-electron chi connectivity index (χ0n) is 22.6. The number of hydrogen-bond donors (Lipinski definition) is 1. The molecule has 1 N–H and O–H groups in total. The molecule has 1 saturated carbocycles. The molecule has 39 heavy (non-hydrogen) atoms. The summed E-state index contributed by atoms with van der Waals surface area (Å²) in [6.45, 7) is 0.523. The van der Waals surface area contributed by atoms with Crippen LogP contribution in [-0.2, 0) is 29.2 Å². The van der Waals surface area contributed by atoms with E-state index in [1.807, 2.05) is 79.8 Å². The third-order valence-electron chi connectivity index (χ3n) is 8.11. The summed E-state index contributed by atoms with van der Waals surface area (Å²) >= 11 is 0. The van der Waals surface area contributed by atoms with Crippen LogP contribution in [0.5, 0.6) is 11.5 Å². The standard InChI is InChI=1S/C32H36N2O5/c1-33(25-15-9-10-16-25)29(23-13-7-4-8-14-23)31(35)34-20-24-17-18-28(38-2)30(26(24)19-27(34)32(36)37)39-21-22-11-5-3-6-12-22/h3-8,11-14,17-18,25,27,29H,9-10,15-16,19-21H2,1-2H3,(H,36,37)/t27-,29-/m1/s1. The molecule has 204 valence electrons. The summed E-state index contributed by atoms with van der Waals surface area (Å²) in [7, 11) is 3.58. The average Bonchev–Trinajstić information content (AvgIpc) is 3.51. The average molecular weight is 529 g/mol. The summed E-state index contributed by atoms with van der Waals surface area (Å²) in [4.78, 5) is 30.6. The highest BCUT2D eigenvalue weighted by molar-refractivity contribution is 5.89. The van der Waals surface area contributed by atoms with Crippen LogP contribution in [0.2, 0.25) is 0 Å². The summed E-state index contributed by atoms with van der Waals surface area (Å²) < 4.78 is 11.8. The van der Waals surface area contributed by atoms with Crippen molar-refractivity contribution >= 4 is 11.9 Å². The first kappa shape index (κ1) is 26.8. The van der Waals surface area contributed by atoms with E-state index in [-0.39, 0.29) is 18.9 Å². The molecular weight excluding hydrogens is 492 g/mol. The molecule has 1 aliphatic carbocycles. The van der Waals surface area contributed by atoms with E-state index in [4.69, 9.17) is 9.47 Å². The molecule has 1 fully saturated rings. The Labute approximate surface area is 230 Å². The molecule has 3 aromatic rings. The van der Waals surface area contributed by atoms with Crippen LogP contribution < -0.4 is 9.47 Å². The molecule has 0 spiro atoms. The normalized spacial score (nSPS) is 18.0. The number of carbonyl (C=O) groups excluding carboxylic acids is 1. The Hall–Kier alpha value is -3.84. The number of fused-ring (bicyclic) bond motifs is 1. The van der Waals surface area contributed by atoms with Crippen LogP contribution in [0.3, 0.4) is 0 Å². The number of carboxylic acids is 1. The van der Waals surface area contributed by atoms with Crippen LogP contribution in [0, 0.1) is 0 Å². The highest BCUT2D eigenvalue weighted by Gasteiger charge is 2.42. The van der Waals surface area contributed by atoms with Gasteiger partial charge in [0.2, 0.25) is 5.91 Å². The predicted molar refractivity (Wildman–Crippen MR) is 149 cm³/mol. The van der Waals surface area contributed by atoms with Crippen LogP contribution >= 0.6 is 0 Å². The Bertz CT molecular complexity index is 1290. The molecule has 0 aromatic heterocycles. The van der Waals surface area contributed by atoms with Crippen molar-refractivity contribution in [1.82, 2.24) is 9.80 Å². The van der Waals surface area contributed by atoms with Gasteiger partial charge >= 0.3 is 5.97 Å². The van der Waals surface area contributed by atoms with Crippen LogP contribution in [0.25, 0.3) is 0 Å². The van der Waals surface area contributed by atoms with Gasteiger partial charge in [0.05, 0.1) is 7.11 Å². The lowest BCUT2D eigenvalue weighted by atomic mass is 9.91. The zero-order chi connectivity index (χ0) is 27.4. The van der Waals surface area contributed by atoms with Gasteiger partial charge in [0.25, 0.3) is 0 Å². The Morgan fingerprint density at radius 1 is 1.00 bits per heavy atom. The minimum Gasteiger partial charge on any atom is -0.493 e. The van der Waals surface area contributed by atoms with Crippen LogP contribution in [0.1, 0.15) is 54.0 Å². The van der Waals surface area contributed by atoms with Gasteiger partial charge in [-0.2, -0.15) is 0 Å². The first-order valence-electron chi connectivity index (χ1n) is 13.6. The van der Waals surface area contributed by atoms with E-state index in [0.717, 1.165) is 47.9 Å². The molecule has 0 unspecified atom stereocenters. The van der Waals surface area contributed by atoms with Crippen molar-refractivity contribution in [2.24, 2.45) is 0 Å². The van der Waals surface area contributed by atoms with Gasteiger partial charge in [-0.3, -0.25) is 9.69 Å². The molecule has 1 amide bonds. The summed E-state index contributed by atoms with van der Waals surface area (Å²) in [5.41, 5.74) is 3.54. The maximum absolute atomic E-state index is 14.3. The number of rotatable bonds is 9. The third-order valence-corrected chi connectivity index (χ3v) is 8.11. The second-order valence-corrected chi connectivity index (χ2v) is 10.5. The van der Waals surface area contributed by atoms with Gasteiger partial charge in [0, 0.05) is 24.6 Å². The van der Waals surface area contributed by atoms with E-state index in [1.165, 1.54) is 0 Å². The molecule has 0 radical (unpaired) electrons. The number of benzene rings is 3. The Morgan fingerprint density at radius 2 is 1.67 bits per heavy atom. The first-order valence-corrected chi connectivity index (χ1v) is 13.6. The van der Waals surface area contributed by atoms with E-state index in [0.29, 0.717) is 24.1 Å². The van der Waals surface area contributed by atoms with Gasteiger partial charge in [-0.05, 0) is 42.6 Å². The second-order valence-electron chi connectivity index (χ2n) is 10.5. The number of amides is 1. The number of ether oxygens (including phenoxy) is 2. The lowest BCUT2D eigenvalue weighted by molar-refractivity contribution is -0.154. The van der Waals surface area contributed by atoms with Crippen molar-refractivity contribution in [3.8, 4) is 11.5 Å². The van der Waals surface area contributed by atoms with Crippen molar-refractivity contribution in [3.05, 3.63) is 95.1 Å². The predicted octanol–water partition coefficient (Wildman–Crippen LogP) is 5.23. The zero-order valence-corrected chi connectivity index (χ0v) is 22.6. The first-order chi connectivity index (χ1) is 19.0. The summed E-state index contributed by atoms with van der Waals surface area (Å²) in [5.74, 6) is -0.117. The van der Waals surface area contributed by atoms with Crippen molar-refractivity contribution in [2.45, 2.75) is 63.4 Å². The lowest BCUT2D eigenvalue weighted by Gasteiger charge is -2.40. The van der Waals surface area contributed by atoms with Gasteiger partial charge in [0.1, 0.15) is 18.7 Å². The van der Waals surface area contributed by atoms with Crippen molar-refractivity contribution in [2.75, 3.05) is 14.2 Å². The monoisotopic (exact) mass is 528 g/mol. The number of methoxy groups -OCH3 is 1. The third kappa shape index (κ3) is 5.64. The number of aliphatic carboxylic acids is 1. The number of hydrogen-bond acceptors (Lipinski definition) is 5. The lowest BCUT2D eigenvalue weighted by Crippen LogP contribution is -2.53. The minimum atomic E-state index is -1.03. The highest BCUT2D eigenvalue weighted by Crippen LogP contribution is 2.40. The molecule has 7 nitrogen and oxygen atoms in total. The van der Waals surface area contributed by atoms with E-state index in [1.54, 1.807) is 12.0 Å². The fraction of sp³-hybridized carbons (Fsp3) is 0.375. The fourth-order valence-corrected chi connectivity index (χ4v) is 5.98. The molecule has 1 heterocycles. The molecule has 2 atom stereocenters. The SMILES string of the molecule is COc1ccc2c(c1OCc1ccccc1)C[C@H](C(=O)O)N(C(=O)[C@@H](c1ccccc1)N(C)C1CCCC1)C2. The highest BCUT2D eigenvalue weighted by atomic mass is 16.5. The van der Waals surface area contributed by atoms with E-state index >= 15 is 0 Å². The Kier molecular flexibility index (Phi) is 8.17. The number of carbonyl (C=O) groups is 2. The quantitative estimate of drug-likeness (QED) is 0.410. The largest absolute Gasteiger partial charge is 0.493 e. The molecule has 3 aromatic carbocycles. The van der Waals surface area contributed by atoms with Crippen molar-refractivity contribution in [1.29, 1.82) is 0 Å². The minimum absolute atomic E-state index is 0.145. The number of likely N-dealkylation sites (N-methyl/N-ethyl adjacent to an activating group) is 1. The molecular formula is C32H36N2O5. The Balaban J connectivity index is 1.48. The van der Waals surface area contributed by atoms with Crippen LogP contribution in [-0.4, -0.2) is 53.0 Å². The van der Waals surface area contributed by atoms with Gasteiger partial charge in [-0.15, -0.1) is 0 Å². The van der Waals surface area contributed by atoms with Gasteiger partial charge in [-0.25, -0.2) is 4.79 Å². The molecule has 0 bridgehead atoms. The van der Waals surface area contributed by atoms with E-state index < -0.39 is 18.1 Å². The Morgan fingerprint density at radius 3 is 2.31 bits per heavy atom. The topological polar surface area (TPSA) is 79.3 Å². The summed E-state index contributed by atoms with van der Waals surface area (Å²) in [6, 6.07) is 22.0. The number of nitrogens with zero attached hydrogens (tertiary/aromatic N) is 2. The molecule has 1 aliphatic heterocycles. The smallest absolute Gasteiger partial charge is 0.326 e. The maximum atomic E-state index is 14.3. The van der Waals surface area contributed by atoms with Gasteiger partial charge in [0.15, 0.2) is 11.5 Å². The summed E-state index contributed by atoms with van der Waals surface area (Å²) in [6.07, 6.45) is 4.52. The number of carboxylic acid groups (broad SMARTS) is 1. The van der Waals surface area contributed by atoms with Crippen LogP contribution in [0.15, 0.2) is 72.8 Å². The maximum Gasteiger partial charge on any atom is 0.326 e. The molecule has 5 rings (SSSR count). The molecule has 0 saturated heterocycles. The molecule has 2 aliphatic rings. The fourth-order valence-electron chi connectivity index (χ4n) is 5.98. The van der Waals surface area contributed by atoms with Crippen molar-refractivity contribution < 1.29 is 24.2 Å². The van der Waals surface area contributed by atoms with Crippen molar-refractivity contribution in [3.63, 3.8) is 0 Å². The van der Waals surface area contributed by atoms with E-state index in [9.17, 15) is 14.7 Å². The van der Waals surface area contributed by atoms with Gasteiger partial charge in [-0.1, -0.05) is 79.6 Å².